The standard InChI is InChI=1S/C18H22FN3OS/c1-2-17-21-14(12-24-17)11-20-13-7-9-22(10-8-13)18(23)15-5-3-4-6-16(15)19/h3-6,12-13,20H,2,7-11H2,1H3. The van der Waals surface area contributed by atoms with Gasteiger partial charge in [-0.25, -0.2) is 9.37 Å². The van der Waals surface area contributed by atoms with Crippen molar-refractivity contribution in [2.45, 2.75) is 38.8 Å². The molecule has 1 N–H and O–H groups in total. The van der Waals surface area contributed by atoms with Crippen molar-refractivity contribution in [1.82, 2.24) is 15.2 Å². The number of hydrogen-bond donors (Lipinski definition) is 1. The van der Waals surface area contributed by atoms with Crippen molar-refractivity contribution in [1.29, 1.82) is 0 Å². The van der Waals surface area contributed by atoms with Crippen LogP contribution in [-0.4, -0.2) is 34.9 Å². The molecule has 0 aliphatic carbocycles. The fourth-order valence-corrected chi connectivity index (χ4v) is 3.68. The first-order valence-electron chi connectivity index (χ1n) is 8.38. The van der Waals surface area contributed by atoms with Crippen LogP contribution in [0.5, 0.6) is 0 Å². The molecule has 1 fully saturated rings. The number of thiazole rings is 1. The number of carbonyl (C=O) groups is 1. The highest BCUT2D eigenvalue weighted by atomic mass is 32.1. The second-order valence-electron chi connectivity index (χ2n) is 6.01. The highest BCUT2D eigenvalue weighted by molar-refractivity contribution is 7.09. The highest BCUT2D eigenvalue weighted by Crippen LogP contribution is 2.17. The summed E-state index contributed by atoms with van der Waals surface area (Å²) in [7, 11) is 0. The normalized spacial score (nSPS) is 15.7. The SMILES string of the molecule is CCc1nc(CNC2CCN(C(=O)c3ccccc3F)CC2)cs1. The summed E-state index contributed by atoms with van der Waals surface area (Å²) in [4.78, 5) is 18.7. The summed E-state index contributed by atoms with van der Waals surface area (Å²) in [5.74, 6) is -0.656. The largest absolute Gasteiger partial charge is 0.338 e. The number of hydrogen-bond acceptors (Lipinski definition) is 4. The van der Waals surface area contributed by atoms with Crippen molar-refractivity contribution < 1.29 is 9.18 Å². The molecule has 0 radical (unpaired) electrons. The Kier molecular flexibility index (Phi) is 5.58. The zero-order valence-corrected chi connectivity index (χ0v) is 14.6. The van der Waals surface area contributed by atoms with Crippen molar-refractivity contribution >= 4 is 17.2 Å². The summed E-state index contributed by atoms with van der Waals surface area (Å²) in [5.41, 5.74) is 1.25. The van der Waals surface area contributed by atoms with E-state index in [4.69, 9.17) is 0 Å². The van der Waals surface area contributed by atoms with Gasteiger partial charge in [0.05, 0.1) is 16.3 Å². The maximum Gasteiger partial charge on any atom is 0.256 e. The van der Waals surface area contributed by atoms with Gasteiger partial charge >= 0.3 is 0 Å². The Bertz CT molecular complexity index is 695. The van der Waals surface area contributed by atoms with E-state index in [2.05, 4.69) is 22.6 Å². The van der Waals surface area contributed by atoms with Gasteiger partial charge in [0.1, 0.15) is 5.82 Å². The molecule has 0 atom stereocenters. The quantitative estimate of drug-likeness (QED) is 0.903. The van der Waals surface area contributed by atoms with Crippen molar-refractivity contribution in [2.24, 2.45) is 0 Å². The Labute approximate surface area is 145 Å². The molecule has 4 nitrogen and oxygen atoms in total. The van der Waals surface area contributed by atoms with Gasteiger partial charge in [-0.1, -0.05) is 19.1 Å². The minimum Gasteiger partial charge on any atom is -0.338 e. The van der Waals surface area contributed by atoms with Crippen molar-refractivity contribution in [3.8, 4) is 0 Å². The number of benzene rings is 1. The van der Waals surface area contributed by atoms with Gasteiger partial charge in [-0.2, -0.15) is 0 Å². The molecule has 6 heteroatoms. The topological polar surface area (TPSA) is 45.2 Å². The molecule has 1 amide bonds. The number of carbonyl (C=O) groups excluding carboxylic acids is 1. The maximum absolute atomic E-state index is 13.7. The van der Waals surface area contributed by atoms with Crippen LogP contribution in [0, 0.1) is 5.82 Å². The number of aryl methyl sites for hydroxylation is 1. The van der Waals surface area contributed by atoms with Gasteiger partial charge in [0.15, 0.2) is 0 Å². The van der Waals surface area contributed by atoms with Gasteiger partial charge in [0, 0.05) is 31.1 Å². The van der Waals surface area contributed by atoms with E-state index in [9.17, 15) is 9.18 Å². The van der Waals surface area contributed by atoms with E-state index in [0.29, 0.717) is 19.1 Å². The lowest BCUT2D eigenvalue weighted by molar-refractivity contribution is 0.0700. The van der Waals surface area contributed by atoms with E-state index in [1.165, 1.54) is 6.07 Å². The lowest BCUT2D eigenvalue weighted by atomic mass is 10.0. The minimum atomic E-state index is -0.446. The molecule has 128 valence electrons. The molecule has 0 spiro atoms. The number of rotatable bonds is 5. The van der Waals surface area contributed by atoms with Crippen molar-refractivity contribution in [2.75, 3.05) is 13.1 Å². The second kappa shape index (κ2) is 7.85. The summed E-state index contributed by atoms with van der Waals surface area (Å²) in [6.45, 7) is 4.19. The van der Waals surface area contributed by atoms with E-state index < -0.39 is 5.82 Å². The predicted molar refractivity (Wildman–Crippen MR) is 93.7 cm³/mol. The molecule has 1 saturated heterocycles. The van der Waals surface area contributed by atoms with Crippen LogP contribution in [0.25, 0.3) is 0 Å². The number of piperidine rings is 1. The van der Waals surface area contributed by atoms with E-state index in [1.54, 1.807) is 34.4 Å². The monoisotopic (exact) mass is 347 g/mol. The Morgan fingerprint density at radius 3 is 2.79 bits per heavy atom. The van der Waals surface area contributed by atoms with Crippen molar-refractivity contribution in [3.05, 3.63) is 51.7 Å². The molecule has 1 aliphatic heterocycles. The fraction of sp³-hybridized carbons (Fsp3) is 0.444. The van der Waals surface area contributed by atoms with Crippen LogP contribution in [0.3, 0.4) is 0 Å². The molecule has 1 aliphatic rings. The Hall–Kier alpha value is -1.79. The highest BCUT2D eigenvalue weighted by Gasteiger charge is 2.24. The Balaban J connectivity index is 1.49. The molecule has 0 bridgehead atoms. The third kappa shape index (κ3) is 3.99. The Morgan fingerprint density at radius 1 is 1.38 bits per heavy atom. The van der Waals surface area contributed by atoms with Crippen LogP contribution in [0.2, 0.25) is 0 Å². The molecule has 2 heterocycles. The fourth-order valence-electron chi connectivity index (χ4n) is 2.93. The van der Waals surface area contributed by atoms with E-state index >= 15 is 0 Å². The molecular weight excluding hydrogens is 325 g/mol. The summed E-state index contributed by atoms with van der Waals surface area (Å²) < 4.78 is 13.7. The third-order valence-electron chi connectivity index (χ3n) is 4.36. The average molecular weight is 347 g/mol. The summed E-state index contributed by atoms with van der Waals surface area (Å²) >= 11 is 1.70. The smallest absolute Gasteiger partial charge is 0.256 e. The molecule has 24 heavy (non-hydrogen) atoms. The van der Waals surface area contributed by atoms with E-state index in [0.717, 1.165) is 36.5 Å². The molecule has 0 unspecified atom stereocenters. The summed E-state index contributed by atoms with van der Waals surface area (Å²) in [5, 5.41) is 6.78. The van der Waals surface area contributed by atoms with Gasteiger partial charge in [-0.05, 0) is 31.4 Å². The zero-order valence-electron chi connectivity index (χ0n) is 13.8. The van der Waals surface area contributed by atoms with Crippen LogP contribution >= 0.6 is 11.3 Å². The van der Waals surface area contributed by atoms with Gasteiger partial charge < -0.3 is 10.2 Å². The molecule has 3 rings (SSSR count). The third-order valence-corrected chi connectivity index (χ3v) is 5.40. The molecule has 1 aromatic carbocycles. The molecule has 2 aromatic rings. The predicted octanol–water partition coefficient (Wildman–Crippen LogP) is 3.24. The number of aromatic nitrogens is 1. The second-order valence-corrected chi connectivity index (χ2v) is 6.96. The van der Waals surface area contributed by atoms with Crippen LogP contribution in [-0.2, 0) is 13.0 Å². The van der Waals surface area contributed by atoms with Crippen molar-refractivity contribution in [3.63, 3.8) is 0 Å². The van der Waals surface area contributed by atoms with E-state index in [-0.39, 0.29) is 11.5 Å². The number of nitrogens with zero attached hydrogens (tertiary/aromatic N) is 2. The average Bonchev–Trinajstić information content (AvgIpc) is 3.08. The van der Waals surface area contributed by atoms with Crippen LogP contribution in [0.15, 0.2) is 29.6 Å². The van der Waals surface area contributed by atoms with Crippen LogP contribution in [0.4, 0.5) is 4.39 Å². The molecule has 0 saturated carbocycles. The van der Waals surface area contributed by atoms with Gasteiger partial charge in [-0.15, -0.1) is 11.3 Å². The molecular formula is C18H22FN3OS. The number of nitrogens with one attached hydrogen (secondary N) is 1. The van der Waals surface area contributed by atoms with Gasteiger partial charge in [0.2, 0.25) is 0 Å². The number of halogens is 1. The summed E-state index contributed by atoms with van der Waals surface area (Å²) in [6.07, 6.45) is 2.73. The number of amides is 1. The minimum absolute atomic E-state index is 0.165. The summed E-state index contributed by atoms with van der Waals surface area (Å²) in [6, 6.07) is 6.56. The van der Waals surface area contributed by atoms with Gasteiger partial charge in [-0.3, -0.25) is 4.79 Å². The molecule has 1 aromatic heterocycles. The first-order chi connectivity index (χ1) is 11.7. The lowest BCUT2D eigenvalue weighted by Gasteiger charge is -2.32. The Morgan fingerprint density at radius 2 is 2.12 bits per heavy atom. The van der Waals surface area contributed by atoms with Crippen LogP contribution in [0.1, 0.15) is 40.8 Å². The van der Waals surface area contributed by atoms with E-state index in [1.807, 2.05) is 0 Å². The number of likely N-dealkylation sites (tertiary alicyclic amines) is 1. The zero-order chi connectivity index (χ0) is 16.9. The first kappa shape index (κ1) is 17.0. The lowest BCUT2D eigenvalue weighted by Crippen LogP contribution is -2.45. The van der Waals surface area contributed by atoms with Gasteiger partial charge in [0.25, 0.3) is 5.91 Å². The maximum atomic E-state index is 13.7. The first-order valence-corrected chi connectivity index (χ1v) is 9.25. The van der Waals surface area contributed by atoms with Crippen LogP contribution < -0.4 is 5.32 Å².